The maximum absolute atomic E-state index is 5.50. The molecule has 0 radical (unpaired) electrons. The van der Waals surface area contributed by atoms with E-state index in [-0.39, 0.29) is 5.41 Å². The second-order valence-electron chi connectivity index (χ2n) is 7.10. The SMILES string of the molecule is Cc1cccc(NC(=S)N(C)Cc2ccc(C(C)(C)C)cc2)c1. The van der Waals surface area contributed by atoms with Crippen molar-refractivity contribution in [2.24, 2.45) is 0 Å². The normalized spacial score (nSPS) is 11.2. The van der Waals surface area contributed by atoms with Crippen LogP contribution in [0.15, 0.2) is 48.5 Å². The predicted molar refractivity (Wildman–Crippen MR) is 104 cm³/mol. The zero-order valence-electron chi connectivity index (χ0n) is 14.7. The Labute approximate surface area is 145 Å². The molecule has 0 amide bonds. The molecule has 0 spiro atoms. The number of aryl methyl sites for hydroxylation is 1. The number of thiocarbonyl (C=S) groups is 1. The molecule has 0 atom stereocenters. The van der Waals surface area contributed by atoms with E-state index in [1.165, 1.54) is 16.7 Å². The van der Waals surface area contributed by atoms with Crippen molar-refractivity contribution < 1.29 is 0 Å². The van der Waals surface area contributed by atoms with Gasteiger partial charge in [-0.2, -0.15) is 0 Å². The predicted octanol–water partition coefficient (Wildman–Crippen LogP) is 5.12. The molecule has 2 nitrogen and oxygen atoms in total. The quantitative estimate of drug-likeness (QED) is 0.788. The highest BCUT2D eigenvalue weighted by Crippen LogP contribution is 2.22. The molecule has 2 aromatic carbocycles. The molecule has 0 saturated heterocycles. The zero-order valence-corrected chi connectivity index (χ0v) is 15.5. The Morgan fingerprint density at radius 2 is 1.74 bits per heavy atom. The van der Waals surface area contributed by atoms with Crippen LogP contribution in [0.4, 0.5) is 5.69 Å². The molecule has 0 aliphatic heterocycles. The molecule has 0 fully saturated rings. The van der Waals surface area contributed by atoms with Crippen LogP contribution in [0, 0.1) is 6.92 Å². The van der Waals surface area contributed by atoms with Crippen LogP contribution in [0.5, 0.6) is 0 Å². The number of nitrogens with one attached hydrogen (secondary N) is 1. The van der Waals surface area contributed by atoms with Crippen molar-refractivity contribution >= 4 is 23.0 Å². The second kappa shape index (κ2) is 7.14. The summed E-state index contributed by atoms with van der Waals surface area (Å²) in [4.78, 5) is 2.06. The first-order valence-corrected chi connectivity index (χ1v) is 8.35. The third kappa shape index (κ3) is 5.07. The Morgan fingerprint density at radius 1 is 1.09 bits per heavy atom. The van der Waals surface area contributed by atoms with Crippen LogP contribution in [-0.4, -0.2) is 17.1 Å². The van der Waals surface area contributed by atoms with Gasteiger partial charge in [0.2, 0.25) is 0 Å². The van der Waals surface area contributed by atoms with E-state index in [4.69, 9.17) is 12.2 Å². The molecule has 0 bridgehead atoms. The van der Waals surface area contributed by atoms with Gasteiger partial charge in [0, 0.05) is 19.3 Å². The fraction of sp³-hybridized carbons (Fsp3) is 0.350. The van der Waals surface area contributed by atoms with Crippen molar-refractivity contribution in [1.82, 2.24) is 4.90 Å². The van der Waals surface area contributed by atoms with Gasteiger partial charge in [-0.05, 0) is 53.4 Å². The van der Waals surface area contributed by atoms with Crippen molar-refractivity contribution in [3.63, 3.8) is 0 Å². The van der Waals surface area contributed by atoms with E-state index in [1.807, 2.05) is 19.2 Å². The van der Waals surface area contributed by atoms with Crippen LogP contribution in [-0.2, 0) is 12.0 Å². The number of rotatable bonds is 3. The van der Waals surface area contributed by atoms with Gasteiger partial charge < -0.3 is 10.2 Å². The van der Waals surface area contributed by atoms with Crippen molar-refractivity contribution in [3.8, 4) is 0 Å². The standard InChI is InChI=1S/C20H26N2S/c1-15-7-6-8-18(13-15)21-19(23)22(5)14-16-9-11-17(12-10-16)20(2,3)4/h6-13H,14H2,1-5H3,(H,21,23). The van der Waals surface area contributed by atoms with Gasteiger partial charge in [-0.15, -0.1) is 0 Å². The number of benzene rings is 2. The Kier molecular flexibility index (Phi) is 5.42. The molecular weight excluding hydrogens is 300 g/mol. The summed E-state index contributed by atoms with van der Waals surface area (Å²) in [7, 11) is 2.02. The molecule has 0 saturated carbocycles. The fourth-order valence-corrected chi connectivity index (χ4v) is 2.58. The molecule has 122 valence electrons. The van der Waals surface area contributed by atoms with E-state index in [1.54, 1.807) is 0 Å². The lowest BCUT2D eigenvalue weighted by Gasteiger charge is -2.23. The molecule has 0 unspecified atom stereocenters. The van der Waals surface area contributed by atoms with Crippen molar-refractivity contribution in [2.45, 2.75) is 39.7 Å². The molecule has 2 rings (SSSR count). The summed E-state index contributed by atoms with van der Waals surface area (Å²) >= 11 is 5.50. The molecule has 3 heteroatoms. The van der Waals surface area contributed by atoms with Crippen LogP contribution in [0.1, 0.15) is 37.5 Å². The summed E-state index contributed by atoms with van der Waals surface area (Å²) in [5, 5.41) is 4.03. The van der Waals surface area contributed by atoms with Crippen LogP contribution in [0.2, 0.25) is 0 Å². The molecule has 0 aromatic heterocycles. The summed E-state index contributed by atoms with van der Waals surface area (Å²) in [5.74, 6) is 0. The highest BCUT2D eigenvalue weighted by Gasteiger charge is 2.13. The number of hydrogen-bond donors (Lipinski definition) is 1. The van der Waals surface area contributed by atoms with Gasteiger partial charge >= 0.3 is 0 Å². The first-order valence-electron chi connectivity index (χ1n) is 7.94. The van der Waals surface area contributed by atoms with E-state index in [0.29, 0.717) is 0 Å². The molecule has 1 N–H and O–H groups in total. The number of nitrogens with zero attached hydrogens (tertiary/aromatic N) is 1. The third-order valence-corrected chi connectivity index (χ3v) is 4.27. The van der Waals surface area contributed by atoms with Gasteiger partial charge in [0.25, 0.3) is 0 Å². The first-order chi connectivity index (χ1) is 10.8. The van der Waals surface area contributed by atoms with Crippen molar-refractivity contribution in [2.75, 3.05) is 12.4 Å². The van der Waals surface area contributed by atoms with Crippen molar-refractivity contribution in [3.05, 3.63) is 65.2 Å². The summed E-state index contributed by atoms with van der Waals surface area (Å²) in [6.07, 6.45) is 0. The smallest absolute Gasteiger partial charge is 0.173 e. The number of anilines is 1. The monoisotopic (exact) mass is 326 g/mol. The van der Waals surface area contributed by atoms with Crippen LogP contribution < -0.4 is 5.32 Å². The molecule has 0 aliphatic carbocycles. The lowest BCUT2D eigenvalue weighted by atomic mass is 9.87. The average molecular weight is 327 g/mol. The summed E-state index contributed by atoms with van der Waals surface area (Å²) in [6, 6.07) is 17.0. The Hall–Kier alpha value is -1.87. The van der Waals surface area contributed by atoms with E-state index >= 15 is 0 Å². The Balaban J connectivity index is 1.98. The van der Waals surface area contributed by atoms with E-state index < -0.39 is 0 Å². The summed E-state index contributed by atoms with van der Waals surface area (Å²) in [5.41, 5.74) is 5.05. The van der Waals surface area contributed by atoms with Gasteiger partial charge in [0.05, 0.1) is 0 Å². The molecule has 0 aliphatic rings. The van der Waals surface area contributed by atoms with Crippen LogP contribution >= 0.6 is 12.2 Å². The number of hydrogen-bond acceptors (Lipinski definition) is 1. The summed E-state index contributed by atoms with van der Waals surface area (Å²) in [6.45, 7) is 9.57. The maximum Gasteiger partial charge on any atom is 0.173 e. The largest absolute Gasteiger partial charge is 0.348 e. The lowest BCUT2D eigenvalue weighted by molar-refractivity contribution is 0.508. The summed E-state index contributed by atoms with van der Waals surface area (Å²) < 4.78 is 0. The fourth-order valence-electron chi connectivity index (χ4n) is 2.40. The van der Waals surface area contributed by atoms with Gasteiger partial charge in [-0.25, -0.2) is 0 Å². The molecular formula is C20H26N2S. The minimum absolute atomic E-state index is 0.187. The first kappa shape index (κ1) is 17.5. The van der Waals surface area contributed by atoms with Crippen LogP contribution in [0.3, 0.4) is 0 Å². The van der Waals surface area contributed by atoms with Gasteiger partial charge in [0.1, 0.15) is 0 Å². The minimum Gasteiger partial charge on any atom is -0.348 e. The van der Waals surface area contributed by atoms with Crippen molar-refractivity contribution in [1.29, 1.82) is 0 Å². The molecule has 2 aromatic rings. The highest BCUT2D eigenvalue weighted by molar-refractivity contribution is 7.80. The maximum atomic E-state index is 5.50. The molecule has 23 heavy (non-hydrogen) atoms. The zero-order chi connectivity index (χ0) is 17.0. The minimum atomic E-state index is 0.187. The van der Waals surface area contributed by atoms with E-state index in [0.717, 1.165) is 17.3 Å². The van der Waals surface area contributed by atoms with Gasteiger partial charge in [-0.1, -0.05) is 57.2 Å². The topological polar surface area (TPSA) is 15.3 Å². The second-order valence-corrected chi connectivity index (χ2v) is 7.49. The lowest BCUT2D eigenvalue weighted by Crippen LogP contribution is -2.30. The van der Waals surface area contributed by atoms with E-state index in [2.05, 4.69) is 74.3 Å². The third-order valence-electron chi connectivity index (χ3n) is 3.86. The van der Waals surface area contributed by atoms with Gasteiger partial charge in [0.15, 0.2) is 5.11 Å². The van der Waals surface area contributed by atoms with E-state index in [9.17, 15) is 0 Å². The Morgan fingerprint density at radius 3 is 2.30 bits per heavy atom. The average Bonchev–Trinajstić information content (AvgIpc) is 2.46. The highest BCUT2D eigenvalue weighted by atomic mass is 32.1. The van der Waals surface area contributed by atoms with Gasteiger partial charge in [-0.3, -0.25) is 0 Å². The molecule has 0 heterocycles. The van der Waals surface area contributed by atoms with Crippen LogP contribution in [0.25, 0.3) is 0 Å². The Bertz CT molecular complexity index is 669.